The van der Waals surface area contributed by atoms with Gasteiger partial charge >= 0.3 is 0 Å². The Morgan fingerprint density at radius 3 is 3.11 bits per heavy atom. The molecule has 18 heavy (non-hydrogen) atoms. The second kappa shape index (κ2) is 6.05. The Morgan fingerprint density at radius 1 is 1.56 bits per heavy atom. The lowest BCUT2D eigenvalue weighted by Crippen LogP contribution is -2.45. The molecule has 1 aliphatic rings. The van der Waals surface area contributed by atoms with Gasteiger partial charge in [0.2, 0.25) is 0 Å². The molecule has 96 valence electrons. The molecule has 0 saturated carbocycles. The number of nitrogens with one attached hydrogen (secondary N) is 1. The molecule has 5 heteroatoms. The van der Waals surface area contributed by atoms with Crippen LogP contribution in [0.3, 0.4) is 0 Å². The van der Waals surface area contributed by atoms with Crippen molar-refractivity contribution in [3.8, 4) is 11.8 Å². The molecule has 1 aromatic carbocycles. The number of hydrogen-bond acceptors (Lipinski definition) is 4. The number of nitriles is 1. The lowest BCUT2D eigenvalue weighted by Gasteiger charge is -2.28. The average molecular weight is 267 g/mol. The Kier molecular flexibility index (Phi) is 4.43. The van der Waals surface area contributed by atoms with Crippen LogP contribution in [0.1, 0.15) is 12.5 Å². The molecule has 4 nitrogen and oxygen atoms in total. The van der Waals surface area contributed by atoms with Crippen LogP contribution in [0.15, 0.2) is 18.2 Å². The van der Waals surface area contributed by atoms with Gasteiger partial charge in [-0.15, -0.1) is 0 Å². The summed E-state index contributed by atoms with van der Waals surface area (Å²) in [5, 5.41) is 12.8. The maximum Gasteiger partial charge on any atom is 0.138 e. The summed E-state index contributed by atoms with van der Waals surface area (Å²) in [6, 6.07) is 7.06. The van der Waals surface area contributed by atoms with Crippen LogP contribution in [-0.2, 0) is 4.74 Å². The van der Waals surface area contributed by atoms with Gasteiger partial charge in [-0.3, -0.25) is 0 Å². The van der Waals surface area contributed by atoms with Crippen molar-refractivity contribution in [2.24, 2.45) is 0 Å². The van der Waals surface area contributed by atoms with Crippen molar-refractivity contribution in [3.05, 3.63) is 28.8 Å². The molecule has 2 unspecified atom stereocenters. The number of rotatable bonds is 3. The molecule has 1 aliphatic heterocycles. The summed E-state index contributed by atoms with van der Waals surface area (Å²) in [7, 11) is 0. The molecular formula is C13H15ClN2O2. The van der Waals surface area contributed by atoms with E-state index in [0.29, 0.717) is 22.9 Å². The molecule has 0 radical (unpaired) electrons. The third kappa shape index (κ3) is 3.36. The zero-order chi connectivity index (χ0) is 13.0. The van der Waals surface area contributed by atoms with E-state index in [4.69, 9.17) is 26.3 Å². The van der Waals surface area contributed by atoms with Crippen LogP contribution in [0.4, 0.5) is 0 Å². The number of ether oxygens (including phenoxy) is 2. The first-order valence-corrected chi connectivity index (χ1v) is 6.25. The summed E-state index contributed by atoms with van der Waals surface area (Å²) >= 11 is 5.89. The van der Waals surface area contributed by atoms with E-state index >= 15 is 0 Å². The maximum absolute atomic E-state index is 8.97. The molecule has 1 heterocycles. The highest BCUT2D eigenvalue weighted by Gasteiger charge is 2.19. The Labute approximate surface area is 111 Å². The van der Waals surface area contributed by atoms with Crippen molar-refractivity contribution in [3.63, 3.8) is 0 Å². The first kappa shape index (κ1) is 13.2. The number of halogens is 1. The van der Waals surface area contributed by atoms with Crippen molar-refractivity contribution in [2.75, 3.05) is 19.7 Å². The highest BCUT2D eigenvalue weighted by atomic mass is 35.5. The topological polar surface area (TPSA) is 54.3 Å². The van der Waals surface area contributed by atoms with Crippen LogP contribution in [0.5, 0.6) is 5.75 Å². The first-order chi connectivity index (χ1) is 8.69. The lowest BCUT2D eigenvalue weighted by atomic mass is 10.2. The fourth-order valence-electron chi connectivity index (χ4n) is 1.86. The van der Waals surface area contributed by atoms with Crippen molar-refractivity contribution in [1.29, 1.82) is 5.26 Å². The summed E-state index contributed by atoms with van der Waals surface area (Å²) in [6.45, 7) is 4.04. The third-order valence-electron chi connectivity index (χ3n) is 2.72. The summed E-state index contributed by atoms with van der Waals surface area (Å²) in [4.78, 5) is 0. The van der Waals surface area contributed by atoms with Gasteiger partial charge in [-0.1, -0.05) is 11.6 Å². The van der Waals surface area contributed by atoms with E-state index in [1.165, 1.54) is 0 Å². The molecular weight excluding hydrogens is 252 g/mol. The molecule has 0 aliphatic carbocycles. The smallest absolute Gasteiger partial charge is 0.138 e. The van der Waals surface area contributed by atoms with Crippen LogP contribution < -0.4 is 10.1 Å². The van der Waals surface area contributed by atoms with Gasteiger partial charge in [0.05, 0.1) is 11.7 Å². The zero-order valence-corrected chi connectivity index (χ0v) is 10.9. The fraction of sp³-hybridized carbons (Fsp3) is 0.462. The van der Waals surface area contributed by atoms with Gasteiger partial charge in [-0.2, -0.15) is 5.26 Å². The molecule has 2 atom stereocenters. The van der Waals surface area contributed by atoms with E-state index in [1.807, 2.05) is 6.92 Å². The molecule has 1 aromatic rings. The van der Waals surface area contributed by atoms with E-state index in [-0.39, 0.29) is 12.2 Å². The van der Waals surface area contributed by atoms with E-state index < -0.39 is 0 Å². The van der Waals surface area contributed by atoms with Crippen molar-refractivity contribution in [1.82, 2.24) is 5.32 Å². The fourth-order valence-corrected chi connectivity index (χ4v) is 2.02. The second-order valence-corrected chi connectivity index (χ2v) is 4.73. The summed E-state index contributed by atoms with van der Waals surface area (Å²) in [5.74, 6) is 0.506. The number of nitrogens with zero attached hydrogens (tertiary/aromatic N) is 1. The minimum Gasteiger partial charge on any atom is -0.489 e. The number of morpholine rings is 1. The van der Waals surface area contributed by atoms with E-state index in [0.717, 1.165) is 13.1 Å². The third-order valence-corrected chi connectivity index (χ3v) is 2.95. The Balaban J connectivity index is 1.97. The number of hydrogen-bond donors (Lipinski definition) is 1. The largest absolute Gasteiger partial charge is 0.489 e. The van der Waals surface area contributed by atoms with Crippen molar-refractivity contribution >= 4 is 11.6 Å². The van der Waals surface area contributed by atoms with E-state index in [2.05, 4.69) is 11.4 Å². The molecule has 0 bridgehead atoms. The van der Waals surface area contributed by atoms with Crippen LogP contribution >= 0.6 is 11.6 Å². The van der Waals surface area contributed by atoms with E-state index in [1.54, 1.807) is 18.2 Å². The van der Waals surface area contributed by atoms with Crippen LogP contribution in [0.2, 0.25) is 5.02 Å². The predicted octanol–water partition coefficient (Wildman–Crippen LogP) is 1.97. The maximum atomic E-state index is 8.97. The van der Waals surface area contributed by atoms with Gasteiger partial charge in [-0.25, -0.2) is 0 Å². The monoisotopic (exact) mass is 266 g/mol. The zero-order valence-electron chi connectivity index (χ0n) is 10.1. The SMILES string of the molecule is CC1CNCC(COc2cc(Cl)ccc2C#N)O1. The molecule has 1 N–H and O–H groups in total. The lowest BCUT2D eigenvalue weighted by molar-refractivity contribution is -0.0470. The van der Waals surface area contributed by atoms with Crippen LogP contribution in [0, 0.1) is 11.3 Å². The summed E-state index contributed by atoms with van der Waals surface area (Å²) < 4.78 is 11.3. The second-order valence-electron chi connectivity index (χ2n) is 4.29. The Hall–Kier alpha value is -1.28. The Bertz CT molecular complexity index is 459. The van der Waals surface area contributed by atoms with Gasteiger partial charge in [0.25, 0.3) is 0 Å². The number of benzene rings is 1. The quantitative estimate of drug-likeness (QED) is 0.909. The van der Waals surface area contributed by atoms with E-state index in [9.17, 15) is 0 Å². The van der Waals surface area contributed by atoms with Crippen molar-refractivity contribution < 1.29 is 9.47 Å². The van der Waals surface area contributed by atoms with Gasteiger partial charge < -0.3 is 14.8 Å². The van der Waals surface area contributed by atoms with Crippen molar-refractivity contribution in [2.45, 2.75) is 19.1 Å². The molecule has 0 aromatic heterocycles. The molecule has 0 spiro atoms. The minimum absolute atomic E-state index is 0.000672. The first-order valence-electron chi connectivity index (χ1n) is 5.87. The van der Waals surface area contributed by atoms with Gasteiger partial charge in [0.1, 0.15) is 24.5 Å². The molecule has 2 rings (SSSR count). The average Bonchev–Trinajstić information content (AvgIpc) is 2.37. The highest BCUT2D eigenvalue weighted by Crippen LogP contribution is 2.23. The molecule has 1 fully saturated rings. The van der Waals surface area contributed by atoms with Crippen LogP contribution in [0.25, 0.3) is 0 Å². The van der Waals surface area contributed by atoms with Gasteiger partial charge in [-0.05, 0) is 19.1 Å². The Morgan fingerprint density at radius 2 is 2.39 bits per heavy atom. The van der Waals surface area contributed by atoms with Gasteiger partial charge in [0.15, 0.2) is 0 Å². The summed E-state index contributed by atoms with van der Waals surface area (Å²) in [6.07, 6.45) is 0.182. The standard InChI is InChI=1S/C13H15ClN2O2/c1-9-6-16-7-12(18-9)8-17-13-4-11(14)3-2-10(13)5-15/h2-4,9,12,16H,6-8H2,1H3. The minimum atomic E-state index is -0.000672. The highest BCUT2D eigenvalue weighted by molar-refractivity contribution is 6.30. The summed E-state index contributed by atoms with van der Waals surface area (Å²) in [5.41, 5.74) is 0.483. The predicted molar refractivity (Wildman–Crippen MR) is 68.9 cm³/mol. The van der Waals surface area contributed by atoms with Gasteiger partial charge in [0, 0.05) is 24.2 Å². The van der Waals surface area contributed by atoms with Crippen LogP contribution in [-0.4, -0.2) is 31.9 Å². The normalized spacial score (nSPS) is 23.4. The molecule has 0 amide bonds. The molecule has 1 saturated heterocycles.